The lowest BCUT2D eigenvalue weighted by Gasteiger charge is -2.24. The first-order valence-corrected chi connectivity index (χ1v) is 10.5. The summed E-state index contributed by atoms with van der Waals surface area (Å²) in [7, 11) is 3.41. The first kappa shape index (κ1) is 26.7. The minimum atomic E-state index is -0.534. The second kappa shape index (κ2) is 12.5. The number of amides is 2. The van der Waals surface area contributed by atoms with Gasteiger partial charge in [-0.1, -0.05) is 0 Å². The van der Waals surface area contributed by atoms with E-state index < -0.39 is 11.7 Å². The third-order valence-corrected chi connectivity index (χ3v) is 4.77. The maximum Gasteiger partial charge on any atom is 0.407 e. The molecule has 3 N–H and O–H groups in total. The second-order valence-electron chi connectivity index (χ2n) is 8.94. The van der Waals surface area contributed by atoms with Gasteiger partial charge in [0.25, 0.3) is 0 Å². The molecule has 0 bridgehead atoms. The maximum absolute atomic E-state index is 12.2. The average Bonchev–Trinajstić information content (AvgIpc) is 3.33. The molecular weight excluding hydrogens is 501 g/mol. The van der Waals surface area contributed by atoms with Crippen LogP contribution >= 0.6 is 24.0 Å². The quantitative estimate of drug-likeness (QED) is 0.247. The first-order chi connectivity index (χ1) is 13.6. The Morgan fingerprint density at radius 1 is 1.20 bits per heavy atom. The monoisotopic (exact) mass is 539 g/mol. The summed E-state index contributed by atoms with van der Waals surface area (Å²) in [5, 5.41) is 9.50. The van der Waals surface area contributed by atoms with Crippen LogP contribution < -0.4 is 16.0 Å². The number of nitrogens with one attached hydrogen (secondary N) is 3. The van der Waals surface area contributed by atoms with Crippen molar-refractivity contribution in [2.75, 3.05) is 40.3 Å². The van der Waals surface area contributed by atoms with Crippen LogP contribution in [0.4, 0.5) is 4.79 Å². The molecule has 0 aromatic rings. The van der Waals surface area contributed by atoms with Crippen molar-refractivity contribution in [2.24, 2.45) is 10.9 Å². The van der Waals surface area contributed by atoms with Gasteiger partial charge in [0.2, 0.25) is 5.91 Å². The largest absolute Gasteiger partial charge is 0.444 e. The van der Waals surface area contributed by atoms with E-state index in [4.69, 9.17) is 9.47 Å². The van der Waals surface area contributed by atoms with E-state index in [1.807, 2.05) is 20.8 Å². The third-order valence-electron chi connectivity index (χ3n) is 4.77. The predicted octanol–water partition coefficient (Wildman–Crippen LogP) is 1.71. The lowest BCUT2D eigenvalue weighted by atomic mass is 10.2. The number of halogens is 1. The second-order valence-corrected chi connectivity index (χ2v) is 8.94. The van der Waals surface area contributed by atoms with Gasteiger partial charge in [-0.3, -0.25) is 4.79 Å². The van der Waals surface area contributed by atoms with Gasteiger partial charge in [-0.05, 0) is 52.4 Å². The zero-order valence-electron chi connectivity index (χ0n) is 18.8. The number of nitrogens with zero attached hydrogens (tertiary/aromatic N) is 2. The number of carbonyl (C=O) groups is 2. The number of alkyl carbamates (subject to hydrolysis) is 1. The lowest BCUT2D eigenvalue weighted by molar-refractivity contribution is -0.127. The summed E-state index contributed by atoms with van der Waals surface area (Å²) in [6.07, 6.45) is 3.99. The molecule has 30 heavy (non-hydrogen) atoms. The van der Waals surface area contributed by atoms with Crippen molar-refractivity contribution in [1.82, 2.24) is 20.9 Å². The number of hydrogen-bond donors (Lipinski definition) is 3. The first-order valence-electron chi connectivity index (χ1n) is 10.5. The molecule has 1 saturated carbocycles. The van der Waals surface area contributed by atoms with Gasteiger partial charge in [0.15, 0.2) is 5.96 Å². The molecule has 2 amide bonds. The Hall–Kier alpha value is -1.30. The predicted molar refractivity (Wildman–Crippen MR) is 127 cm³/mol. The highest BCUT2D eigenvalue weighted by Crippen LogP contribution is 2.32. The molecule has 1 heterocycles. The molecule has 174 valence electrons. The minimum Gasteiger partial charge on any atom is -0.444 e. The van der Waals surface area contributed by atoms with Crippen LogP contribution in [-0.4, -0.2) is 80.9 Å². The summed E-state index contributed by atoms with van der Waals surface area (Å²) in [4.78, 5) is 30.0. The van der Waals surface area contributed by atoms with Crippen LogP contribution in [0.25, 0.3) is 0 Å². The van der Waals surface area contributed by atoms with E-state index in [9.17, 15) is 9.59 Å². The number of ether oxygens (including phenoxy) is 2. The van der Waals surface area contributed by atoms with Crippen molar-refractivity contribution in [3.63, 3.8) is 0 Å². The molecule has 2 atom stereocenters. The summed E-state index contributed by atoms with van der Waals surface area (Å²) in [6, 6.07) is -0.0517. The van der Waals surface area contributed by atoms with Crippen molar-refractivity contribution in [2.45, 2.75) is 64.2 Å². The van der Waals surface area contributed by atoms with E-state index in [1.54, 1.807) is 14.1 Å². The highest BCUT2D eigenvalue weighted by molar-refractivity contribution is 14.0. The van der Waals surface area contributed by atoms with Crippen LogP contribution in [0.3, 0.4) is 0 Å². The Labute approximate surface area is 197 Å². The van der Waals surface area contributed by atoms with Crippen molar-refractivity contribution >= 4 is 41.9 Å². The number of carbonyl (C=O) groups excluding carboxylic acids is 2. The zero-order chi connectivity index (χ0) is 21.4. The molecule has 1 saturated heterocycles. The molecule has 2 rings (SSSR count). The maximum atomic E-state index is 12.2. The van der Waals surface area contributed by atoms with Gasteiger partial charge in [0, 0.05) is 33.8 Å². The molecule has 10 heteroatoms. The van der Waals surface area contributed by atoms with Crippen LogP contribution in [0.1, 0.15) is 46.5 Å². The number of hydrogen-bond acceptors (Lipinski definition) is 5. The fourth-order valence-electron chi connectivity index (χ4n) is 2.98. The van der Waals surface area contributed by atoms with Crippen molar-refractivity contribution < 1.29 is 19.1 Å². The molecule has 0 radical (unpaired) electrons. The van der Waals surface area contributed by atoms with Crippen LogP contribution in [-0.2, 0) is 14.3 Å². The normalized spacial score (nSPS) is 20.0. The van der Waals surface area contributed by atoms with Gasteiger partial charge >= 0.3 is 6.09 Å². The molecule has 1 aliphatic heterocycles. The van der Waals surface area contributed by atoms with E-state index in [2.05, 4.69) is 20.9 Å². The van der Waals surface area contributed by atoms with Crippen molar-refractivity contribution in [3.8, 4) is 0 Å². The minimum absolute atomic E-state index is 0. The highest BCUT2D eigenvalue weighted by atomic mass is 127. The van der Waals surface area contributed by atoms with Gasteiger partial charge in [-0.2, -0.15) is 0 Å². The molecule has 2 fully saturated rings. The molecule has 2 aliphatic rings. The lowest BCUT2D eigenvalue weighted by Crippen LogP contribution is -2.50. The molecule has 9 nitrogen and oxygen atoms in total. The van der Waals surface area contributed by atoms with Gasteiger partial charge in [0.1, 0.15) is 12.1 Å². The van der Waals surface area contributed by atoms with Crippen LogP contribution in [0.5, 0.6) is 0 Å². The third kappa shape index (κ3) is 10.6. The fraction of sp³-hybridized carbons (Fsp3) is 0.850. The van der Waals surface area contributed by atoms with Crippen molar-refractivity contribution in [1.29, 1.82) is 0 Å². The molecule has 0 aromatic carbocycles. The van der Waals surface area contributed by atoms with Crippen LogP contribution in [0.2, 0.25) is 0 Å². The summed E-state index contributed by atoms with van der Waals surface area (Å²) in [5.41, 5.74) is -0.534. The Bertz CT molecular complexity index is 584. The van der Waals surface area contributed by atoms with Crippen molar-refractivity contribution in [3.05, 3.63) is 0 Å². The zero-order valence-corrected chi connectivity index (χ0v) is 21.2. The molecular formula is C20H38IN5O4. The van der Waals surface area contributed by atoms with E-state index in [1.165, 1.54) is 4.90 Å². The summed E-state index contributed by atoms with van der Waals surface area (Å²) in [5.74, 6) is 0.902. The molecule has 0 aromatic heterocycles. The number of likely N-dealkylation sites (N-methyl/N-ethyl adjacent to an activating group) is 1. The smallest absolute Gasteiger partial charge is 0.407 e. The van der Waals surface area contributed by atoms with Gasteiger partial charge in [-0.15, -0.1) is 24.0 Å². The van der Waals surface area contributed by atoms with E-state index in [0.717, 1.165) is 32.3 Å². The summed E-state index contributed by atoms with van der Waals surface area (Å²) >= 11 is 0. The molecule has 0 spiro atoms. The number of rotatable bonds is 8. The fourth-order valence-corrected chi connectivity index (χ4v) is 2.98. The van der Waals surface area contributed by atoms with E-state index in [0.29, 0.717) is 25.0 Å². The van der Waals surface area contributed by atoms with Gasteiger partial charge in [-0.25, -0.2) is 9.79 Å². The average molecular weight is 539 g/mol. The highest BCUT2D eigenvalue weighted by Gasteiger charge is 2.33. The SMILES string of the molecule is CN(C)C(=O)CN=C(NCC1CCCO1)NCC(NC(=O)OC(C)(C)C)C1CC1.I. The standard InChI is InChI=1S/C20H37N5O4.HI/c1-20(2,3)29-19(27)24-16(14-8-9-14)12-22-18(23-13-17(26)25(4)5)21-11-15-7-6-10-28-15;/h14-16H,6-13H2,1-5H3,(H,24,27)(H2,21,22,23);1H. The number of guanidine groups is 1. The van der Waals surface area contributed by atoms with Gasteiger partial charge in [0.05, 0.1) is 12.1 Å². The van der Waals surface area contributed by atoms with Gasteiger partial charge < -0.3 is 30.3 Å². The Kier molecular flexibility index (Phi) is 11.2. The Morgan fingerprint density at radius 3 is 2.43 bits per heavy atom. The number of aliphatic imine (C=N–C) groups is 1. The van der Waals surface area contributed by atoms with E-state index >= 15 is 0 Å². The Balaban J connectivity index is 0.00000450. The van der Waals surface area contributed by atoms with E-state index in [-0.39, 0.29) is 48.6 Å². The topological polar surface area (TPSA) is 104 Å². The van der Waals surface area contributed by atoms with Crippen LogP contribution in [0.15, 0.2) is 4.99 Å². The molecule has 2 unspecified atom stereocenters. The molecule has 1 aliphatic carbocycles. The van der Waals surface area contributed by atoms with Crippen LogP contribution in [0, 0.1) is 5.92 Å². The summed E-state index contributed by atoms with van der Waals surface area (Å²) < 4.78 is 11.0. The Morgan fingerprint density at radius 2 is 1.90 bits per heavy atom. The summed E-state index contributed by atoms with van der Waals surface area (Å²) in [6.45, 7) is 7.53.